The predicted molar refractivity (Wildman–Crippen MR) is 82.4 cm³/mol. The molecule has 0 saturated carbocycles. The monoisotopic (exact) mass is 299 g/mol. The van der Waals surface area contributed by atoms with Gasteiger partial charge in [0.1, 0.15) is 0 Å². The van der Waals surface area contributed by atoms with Gasteiger partial charge >= 0.3 is 0 Å². The van der Waals surface area contributed by atoms with E-state index in [1.165, 1.54) is 0 Å². The van der Waals surface area contributed by atoms with E-state index in [0.717, 1.165) is 31.5 Å². The molecule has 1 atom stereocenters. The van der Waals surface area contributed by atoms with Crippen molar-refractivity contribution in [3.05, 3.63) is 39.9 Å². The number of halogens is 1. The number of hydrogen-bond donors (Lipinski definition) is 1. The van der Waals surface area contributed by atoms with Crippen molar-refractivity contribution < 1.29 is 4.92 Å². The van der Waals surface area contributed by atoms with Crippen LogP contribution >= 0.6 is 12.4 Å². The van der Waals surface area contributed by atoms with Crippen molar-refractivity contribution in [1.82, 2.24) is 10.2 Å². The SMILES string of the molecule is CNC1CCN(C(C)c2cccc([N+](=O)[O-])c2)CC1.Cl. The van der Waals surface area contributed by atoms with E-state index in [9.17, 15) is 10.1 Å². The molecular formula is C14H22ClN3O2. The molecule has 5 nitrogen and oxygen atoms in total. The van der Waals surface area contributed by atoms with E-state index < -0.39 is 0 Å². The Balaban J connectivity index is 0.00000200. The van der Waals surface area contributed by atoms with Crippen LogP contribution in [0.3, 0.4) is 0 Å². The van der Waals surface area contributed by atoms with Crippen molar-refractivity contribution in [2.24, 2.45) is 0 Å². The zero-order valence-corrected chi connectivity index (χ0v) is 12.7. The molecule has 1 heterocycles. The summed E-state index contributed by atoms with van der Waals surface area (Å²) in [6.07, 6.45) is 2.27. The molecule has 1 aliphatic heterocycles. The number of piperidine rings is 1. The van der Waals surface area contributed by atoms with Gasteiger partial charge in [0, 0.05) is 37.3 Å². The number of rotatable bonds is 4. The normalized spacial score (nSPS) is 18.3. The molecule has 1 aromatic carbocycles. The van der Waals surface area contributed by atoms with Crippen LogP contribution in [0.4, 0.5) is 5.69 Å². The van der Waals surface area contributed by atoms with E-state index in [1.54, 1.807) is 18.2 Å². The van der Waals surface area contributed by atoms with Crippen LogP contribution in [0.5, 0.6) is 0 Å². The number of likely N-dealkylation sites (tertiary alicyclic amines) is 1. The summed E-state index contributed by atoms with van der Waals surface area (Å²) in [7, 11) is 2.00. The Bertz CT molecular complexity index is 448. The Hall–Kier alpha value is -1.17. The molecule has 1 unspecified atom stereocenters. The molecule has 1 saturated heterocycles. The second kappa shape index (κ2) is 7.57. The van der Waals surface area contributed by atoms with Crippen LogP contribution in [0.2, 0.25) is 0 Å². The first-order valence-corrected chi connectivity index (χ1v) is 6.77. The van der Waals surface area contributed by atoms with Crippen molar-refractivity contribution >= 4 is 18.1 Å². The van der Waals surface area contributed by atoms with Gasteiger partial charge in [-0.15, -0.1) is 12.4 Å². The number of nitro groups is 1. The minimum atomic E-state index is -0.330. The van der Waals surface area contributed by atoms with E-state index in [1.807, 2.05) is 13.1 Å². The van der Waals surface area contributed by atoms with E-state index in [-0.39, 0.29) is 29.1 Å². The lowest BCUT2D eigenvalue weighted by atomic mass is 10.00. The lowest BCUT2D eigenvalue weighted by Crippen LogP contribution is -2.42. The fourth-order valence-electron chi connectivity index (χ4n) is 2.68. The molecule has 0 amide bonds. The van der Waals surface area contributed by atoms with Gasteiger partial charge in [0.2, 0.25) is 0 Å². The minimum absolute atomic E-state index is 0. The number of nitrogens with zero attached hydrogens (tertiary/aromatic N) is 2. The van der Waals surface area contributed by atoms with Gasteiger partial charge in [-0.3, -0.25) is 15.0 Å². The third kappa shape index (κ3) is 3.91. The highest BCUT2D eigenvalue weighted by atomic mass is 35.5. The Kier molecular flexibility index (Phi) is 6.39. The first-order chi connectivity index (χ1) is 9.11. The van der Waals surface area contributed by atoms with Crippen LogP contribution in [-0.2, 0) is 0 Å². The second-order valence-corrected chi connectivity index (χ2v) is 5.13. The molecule has 2 rings (SSSR count). The molecule has 1 N–H and O–H groups in total. The zero-order valence-electron chi connectivity index (χ0n) is 11.9. The quantitative estimate of drug-likeness (QED) is 0.686. The fraction of sp³-hybridized carbons (Fsp3) is 0.571. The second-order valence-electron chi connectivity index (χ2n) is 5.13. The molecule has 1 aliphatic rings. The summed E-state index contributed by atoms with van der Waals surface area (Å²) in [6, 6.07) is 7.82. The number of benzene rings is 1. The summed E-state index contributed by atoms with van der Waals surface area (Å²) in [5, 5.41) is 14.1. The van der Waals surface area contributed by atoms with E-state index in [4.69, 9.17) is 0 Å². The zero-order chi connectivity index (χ0) is 13.8. The van der Waals surface area contributed by atoms with Crippen molar-refractivity contribution in [2.45, 2.75) is 31.8 Å². The maximum atomic E-state index is 10.8. The average Bonchev–Trinajstić information content (AvgIpc) is 2.46. The summed E-state index contributed by atoms with van der Waals surface area (Å²) in [4.78, 5) is 12.9. The summed E-state index contributed by atoms with van der Waals surface area (Å²) in [6.45, 7) is 4.20. The molecule has 6 heteroatoms. The molecule has 20 heavy (non-hydrogen) atoms. The summed E-state index contributed by atoms with van der Waals surface area (Å²) < 4.78 is 0. The van der Waals surface area contributed by atoms with Gasteiger partial charge in [0.25, 0.3) is 5.69 Å². The maximum Gasteiger partial charge on any atom is 0.269 e. The van der Waals surface area contributed by atoms with Crippen molar-refractivity contribution in [3.8, 4) is 0 Å². The highest BCUT2D eigenvalue weighted by Gasteiger charge is 2.23. The average molecular weight is 300 g/mol. The number of non-ortho nitro benzene ring substituents is 1. The molecular weight excluding hydrogens is 278 g/mol. The van der Waals surface area contributed by atoms with Crippen LogP contribution < -0.4 is 5.32 Å². The number of nitro benzene ring substituents is 1. The summed E-state index contributed by atoms with van der Waals surface area (Å²) in [5.41, 5.74) is 1.20. The van der Waals surface area contributed by atoms with Crippen molar-refractivity contribution in [1.29, 1.82) is 0 Å². The topological polar surface area (TPSA) is 58.4 Å². The van der Waals surface area contributed by atoms with Crippen molar-refractivity contribution in [2.75, 3.05) is 20.1 Å². The molecule has 0 aliphatic carbocycles. The van der Waals surface area contributed by atoms with Gasteiger partial charge in [0.15, 0.2) is 0 Å². The Morgan fingerprint density at radius 2 is 2.05 bits per heavy atom. The third-order valence-electron chi connectivity index (χ3n) is 4.05. The van der Waals surface area contributed by atoms with Crippen LogP contribution in [-0.4, -0.2) is 36.0 Å². The third-order valence-corrected chi connectivity index (χ3v) is 4.05. The highest BCUT2D eigenvalue weighted by Crippen LogP contribution is 2.26. The Labute approximate surface area is 125 Å². The molecule has 112 valence electrons. The Morgan fingerprint density at radius 1 is 1.40 bits per heavy atom. The highest BCUT2D eigenvalue weighted by molar-refractivity contribution is 5.85. The molecule has 0 bridgehead atoms. The van der Waals surface area contributed by atoms with Crippen LogP contribution in [0.1, 0.15) is 31.4 Å². The fourth-order valence-corrected chi connectivity index (χ4v) is 2.68. The van der Waals surface area contributed by atoms with Gasteiger partial charge in [-0.25, -0.2) is 0 Å². The largest absolute Gasteiger partial charge is 0.317 e. The van der Waals surface area contributed by atoms with Crippen LogP contribution in [0, 0.1) is 10.1 Å². The lowest BCUT2D eigenvalue weighted by molar-refractivity contribution is -0.385. The van der Waals surface area contributed by atoms with Gasteiger partial charge in [-0.2, -0.15) is 0 Å². The Morgan fingerprint density at radius 3 is 2.60 bits per heavy atom. The maximum absolute atomic E-state index is 10.8. The molecule has 1 fully saturated rings. The minimum Gasteiger partial charge on any atom is -0.317 e. The van der Waals surface area contributed by atoms with Gasteiger partial charge in [-0.05, 0) is 32.4 Å². The van der Waals surface area contributed by atoms with Crippen LogP contribution in [0.15, 0.2) is 24.3 Å². The van der Waals surface area contributed by atoms with Crippen LogP contribution in [0.25, 0.3) is 0 Å². The van der Waals surface area contributed by atoms with Crippen molar-refractivity contribution in [3.63, 3.8) is 0 Å². The first-order valence-electron chi connectivity index (χ1n) is 6.77. The molecule has 1 aromatic rings. The first kappa shape index (κ1) is 16.9. The van der Waals surface area contributed by atoms with Gasteiger partial charge in [0.05, 0.1) is 4.92 Å². The van der Waals surface area contributed by atoms with E-state index in [2.05, 4.69) is 17.1 Å². The van der Waals surface area contributed by atoms with Gasteiger partial charge in [-0.1, -0.05) is 12.1 Å². The smallest absolute Gasteiger partial charge is 0.269 e. The van der Waals surface area contributed by atoms with E-state index >= 15 is 0 Å². The molecule has 0 radical (unpaired) electrons. The summed E-state index contributed by atoms with van der Waals surface area (Å²) in [5.74, 6) is 0. The lowest BCUT2D eigenvalue weighted by Gasteiger charge is -2.36. The standard InChI is InChI=1S/C14H21N3O2.ClH/c1-11(16-8-6-13(15-2)7-9-16)12-4-3-5-14(10-12)17(18)19;/h3-5,10-11,13,15H,6-9H2,1-2H3;1H. The van der Waals surface area contributed by atoms with E-state index in [0.29, 0.717) is 6.04 Å². The predicted octanol–water partition coefficient (Wildman–Crippen LogP) is 2.76. The molecule has 0 aromatic heterocycles. The molecule has 0 spiro atoms. The number of nitrogens with one attached hydrogen (secondary N) is 1. The van der Waals surface area contributed by atoms with Gasteiger partial charge < -0.3 is 5.32 Å². The summed E-state index contributed by atoms with van der Waals surface area (Å²) >= 11 is 0. The number of hydrogen-bond acceptors (Lipinski definition) is 4.